The molecule has 0 aliphatic rings. The highest BCUT2D eigenvalue weighted by Crippen LogP contribution is 2.20. The second-order valence-corrected chi connectivity index (χ2v) is 3.94. The van der Waals surface area contributed by atoms with Crippen LogP contribution in [0.5, 0.6) is 0 Å². The number of thioether (sulfide) groups is 1. The van der Waals surface area contributed by atoms with Crippen molar-refractivity contribution in [2.24, 2.45) is 0 Å². The molecule has 0 radical (unpaired) electrons. The van der Waals surface area contributed by atoms with Gasteiger partial charge in [-0.2, -0.15) is 0 Å². The number of halogens is 1. The van der Waals surface area contributed by atoms with E-state index in [1.54, 1.807) is 6.07 Å². The van der Waals surface area contributed by atoms with Crippen molar-refractivity contribution in [3.8, 4) is 0 Å². The van der Waals surface area contributed by atoms with Crippen LogP contribution >= 0.6 is 11.8 Å². The molecular weight excluding hydrogens is 201 g/mol. The number of nitrogens with two attached hydrogens (primary N) is 1. The first-order valence-electron chi connectivity index (χ1n) is 4.23. The SMILES string of the molecule is Nc1ccc2nc(SCCF)[nH]c2c1. The Hall–Kier alpha value is -1.23. The van der Waals surface area contributed by atoms with Gasteiger partial charge in [0.1, 0.15) is 0 Å². The number of benzene rings is 1. The smallest absolute Gasteiger partial charge is 0.166 e. The number of nitrogens with zero attached hydrogens (tertiary/aromatic N) is 1. The van der Waals surface area contributed by atoms with Crippen LogP contribution in [0.4, 0.5) is 10.1 Å². The highest BCUT2D eigenvalue weighted by atomic mass is 32.2. The Labute approximate surface area is 84.9 Å². The summed E-state index contributed by atoms with van der Waals surface area (Å²) in [4.78, 5) is 7.35. The Morgan fingerprint density at radius 1 is 1.50 bits per heavy atom. The molecule has 0 saturated heterocycles. The molecule has 74 valence electrons. The van der Waals surface area contributed by atoms with Gasteiger partial charge < -0.3 is 10.7 Å². The first kappa shape index (κ1) is 9.33. The minimum atomic E-state index is -0.343. The van der Waals surface area contributed by atoms with Gasteiger partial charge in [0.25, 0.3) is 0 Å². The number of fused-ring (bicyclic) bond motifs is 1. The third-order valence-electron chi connectivity index (χ3n) is 1.80. The molecule has 0 amide bonds. The van der Waals surface area contributed by atoms with Crippen LogP contribution in [-0.4, -0.2) is 22.4 Å². The van der Waals surface area contributed by atoms with Gasteiger partial charge in [-0.1, -0.05) is 11.8 Å². The van der Waals surface area contributed by atoms with E-state index in [2.05, 4.69) is 9.97 Å². The van der Waals surface area contributed by atoms with Crippen molar-refractivity contribution in [3.05, 3.63) is 18.2 Å². The van der Waals surface area contributed by atoms with Crippen LogP contribution in [0.2, 0.25) is 0 Å². The second kappa shape index (κ2) is 3.88. The highest BCUT2D eigenvalue weighted by molar-refractivity contribution is 7.99. The molecule has 0 aliphatic heterocycles. The van der Waals surface area contributed by atoms with Crippen molar-refractivity contribution < 1.29 is 4.39 Å². The van der Waals surface area contributed by atoms with Crippen molar-refractivity contribution in [2.75, 3.05) is 18.2 Å². The molecule has 0 unspecified atom stereocenters. The van der Waals surface area contributed by atoms with Crippen LogP contribution < -0.4 is 5.73 Å². The van der Waals surface area contributed by atoms with Crippen LogP contribution in [-0.2, 0) is 0 Å². The quantitative estimate of drug-likeness (QED) is 0.604. The lowest BCUT2D eigenvalue weighted by Crippen LogP contribution is -1.82. The Kier molecular flexibility index (Phi) is 2.58. The van der Waals surface area contributed by atoms with Gasteiger partial charge in [0, 0.05) is 11.4 Å². The van der Waals surface area contributed by atoms with E-state index in [1.807, 2.05) is 12.1 Å². The number of alkyl halides is 1. The summed E-state index contributed by atoms with van der Waals surface area (Å²) in [5.41, 5.74) is 8.07. The van der Waals surface area contributed by atoms with Gasteiger partial charge in [-0.3, -0.25) is 4.39 Å². The van der Waals surface area contributed by atoms with Crippen LogP contribution in [0.15, 0.2) is 23.4 Å². The van der Waals surface area contributed by atoms with E-state index in [9.17, 15) is 4.39 Å². The maximum atomic E-state index is 11.9. The predicted molar refractivity (Wildman–Crippen MR) is 57.2 cm³/mol. The molecule has 2 rings (SSSR count). The minimum Gasteiger partial charge on any atom is -0.399 e. The molecule has 14 heavy (non-hydrogen) atoms. The standard InChI is InChI=1S/C9H10FN3S/c10-3-4-14-9-12-7-2-1-6(11)5-8(7)13-9/h1-2,5H,3-4,11H2,(H,12,13). The van der Waals surface area contributed by atoms with Gasteiger partial charge in [0.05, 0.1) is 17.7 Å². The van der Waals surface area contributed by atoms with Gasteiger partial charge in [-0.05, 0) is 18.2 Å². The van der Waals surface area contributed by atoms with Crippen molar-refractivity contribution in [1.29, 1.82) is 0 Å². The monoisotopic (exact) mass is 211 g/mol. The first-order valence-corrected chi connectivity index (χ1v) is 5.22. The molecule has 1 heterocycles. The third-order valence-corrected chi connectivity index (χ3v) is 2.63. The fourth-order valence-corrected chi connectivity index (χ4v) is 1.82. The van der Waals surface area contributed by atoms with Crippen LogP contribution in [0.25, 0.3) is 11.0 Å². The Morgan fingerprint density at radius 2 is 2.36 bits per heavy atom. The van der Waals surface area contributed by atoms with E-state index in [-0.39, 0.29) is 6.67 Å². The van der Waals surface area contributed by atoms with E-state index in [0.717, 1.165) is 16.2 Å². The zero-order valence-corrected chi connectivity index (χ0v) is 8.27. The highest BCUT2D eigenvalue weighted by Gasteiger charge is 2.02. The van der Waals surface area contributed by atoms with Crippen molar-refractivity contribution in [2.45, 2.75) is 5.16 Å². The molecule has 0 saturated carbocycles. The molecule has 5 heteroatoms. The average molecular weight is 211 g/mol. The van der Waals surface area contributed by atoms with E-state index in [4.69, 9.17) is 5.73 Å². The van der Waals surface area contributed by atoms with E-state index in [1.165, 1.54) is 11.8 Å². The topological polar surface area (TPSA) is 54.7 Å². The number of anilines is 1. The molecular formula is C9H10FN3S. The summed E-state index contributed by atoms with van der Waals surface area (Å²) >= 11 is 1.37. The molecule has 1 aromatic carbocycles. The van der Waals surface area contributed by atoms with E-state index in [0.29, 0.717) is 11.4 Å². The number of nitrogens with one attached hydrogen (secondary N) is 1. The van der Waals surface area contributed by atoms with Gasteiger partial charge in [-0.15, -0.1) is 0 Å². The lowest BCUT2D eigenvalue weighted by atomic mass is 10.3. The average Bonchev–Trinajstić information content (AvgIpc) is 2.56. The predicted octanol–water partition coefficient (Wildman–Crippen LogP) is 2.21. The summed E-state index contributed by atoms with van der Waals surface area (Å²) in [5, 5.41) is 0.739. The summed E-state index contributed by atoms with van der Waals surface area (Å²) in [7, 11) is 0. The van der Waals surface area contributed by atoms with Crippen molar-refractivity contribution in [3.63, 3.8) is 0 Å². The molecule has 3 nitrogen and oxygen atoms in total. The second-order valence-electron chi connectivity index (χ2n) is 2.86. The Balaban J connectivity index is 2.32. The van der Waals surface area contributed by atoms with Crippen molar-refractivity contribution in [1.82, 2.24) is 9.97 Å². The molecule has 3 N–H and O–H groups in total. The summed E-state index contributed by atoms with van der Waals surface area (Å²) < 4.78 is 11.9. The zero-order valence-electron chi connectivity index (χ0n) is 7.46. The number of rotatable bonds is 3. The molecule has 0 spiro atoms. The first-order chi connectivity index (χ1) is 6.79. The number of hydrogen-bond donors (Lipinski definition) is 2. The summed E-state index contributed by atoms with van der Waals surface area (Å²) in [6.45, 7) is -0.343. The number of H-pyrrole nitrogens is 1. The Morgan fingerprint density at radius 3 is 3.14 bits per heavy atom. The minimum absolute atomic E-state index is 0.343. The molecule has 0 bridgehead atoms. The van der Waals surface area contributed by atoms with Crippen LogP contribution in [0.3, 0.4) is 0 Å². The molecule has 2 aromatic rings. The third kappa shape index (κ3) is 1.82. The fourth-order valence-electron chi connectivity index (χ4n) is 1.21. The zero-order chi connectivity index (χ0) is 9.97. The largest absolute Gasteiger partial charge is 0.399 e. The molecule has 0 aliphatic carbocycles. The number of aromatic amines is 1. The lowest BCUT2D eigenvalue weighted by Gasteiger charge is -1.90. The maximum Gasteiger partial charge on any atom is 0.166 e. The molecule has 0 fully saturated rings. The van der Waals surface area contributed by atoms with Crippen LogP contribution in [0, 0.1) is 0 Å². The lowest BCUT2D eigenvalue weighted by molar-refractivity contribution is 0.532. The molecule has 0 atom stereocenters. The Bertz CT molecular complexity index is 441. The van der Waals surface area contributed by atoms with Gasteiger partial charge in [0.15, 0.2) is 5.16 Å². The number of nitrogen functional groups attached to an aromatic ring is 1. The fraction of sp³-hybridized carbons (Fsp3) is 0.222. The number of hydrogen-bond acceptors (Lipinski definition) is 3. The summed E-state index contributed by atoms with van der Waals surface area (Å²) in [5.74, 6) is 0.426. The summed E-state index contributed by atoms with van der Waals surface area (Å²) in [6.07, 6.45) is 0. The van der Waals surface area contributed by atoms with Crippen molar-refractivity contribution >= 4 is 28.5 Å². The van der Waals surface area contributed by atoms with E-state index < -0.39 is 0 Å². The van der Waals surface area contributed by atoms with Gasteiger partial charge in [-0.25, -0.2) is 4.98 Å². The molecule has 1 aromatic heterocycles. The summed E-state index contributed by atoms with van der Waals surface area (Å²) in [6, 6.07) is 5.47. The van der Waals surface area contributed by atoms with E-state index >= 15 is 0 Å². The van der Waals surface area contributed by atoms with Crippen LogP contribution in [0.1, 0.15) is 0 Å². The maximum absolute atomic E-state index is 11.9. The van der Waals surface area contributed by atoms with Gasteiger partial charge >= 0.3 is 0 Å². The number of aromatic nitrogens is 2. The normalized spacial score (nSPS) is 10.9. The number of imidazole rings is 1. The van der Waals surface area contributed by atoms with Gasteiger partial charge in [0.2, 0.25) is 0 Å².